The van der Waals surface area contributed by atoms with E-state index >= 15 is 0 Å². The van der Waals surface area contributed by atoms with Gasteiger partial charge in [-0.3, -0.25) is 0 Å². The van der Waals surface area contributed by atoms with E-state index in [9.17, 15) is 5.26 Å². The molecule has 0 bridgehead atoms. The maximum Gasteiger partial charge on any atom is 0.189 e. The smallest absolute Gasteiger partial charge is 0.189 e. The highest BCUT2D eigenvalue weighted by Gasteiger charge is 2.23. The minimum Gasteiger partial charge on any atom is -0.310 e. The quantitative estimate of drug-likeness (QED) is 0.169. The molecule has 8 aromatic carbocycles. The Morgan fingerprint density at radius 2 is 0.909 bits per heavy atom. The van der Waals surface area contributed by atoms with Gasteiger partial charge in [0.05, 0.1) is 51.1 Å². The number of hydrogen-bond acceptors (Lipinski definition) is 1. The Morgan fingerprint density at radius 1 is 0.418 bits per heavy atom. The number of aromatic nitrogens is 3. The molecular formula is C50H29N5. The van der Waals surface area contributed by atoms with Gasteiger partial charge in [0.15, 0.2) is 5.69 Å². The molecule has 3 aromatic heterocycles. The van der Waals surface area contributed by atoms with Gasteiger partial charge in [0, 0.05) is 54.6 Å². The summed E-state index contributed by atoms with van der Waals surface area (Å²) in [4.78, 5) is 3.79. The van der Waals surface area contributed by atoms with E-state index in [-0.39, 0.29) is 0 Å². The second-order valence-electron chi connectivity index (χ2n) is 13.9. The first kappa shape index (κ1) is 30.7. The number of fused-ring (bicyclic) bond motifs is 9. The molecule has 5 nitrogen and oxygen atoms in total. The van der Waals surface area contributed by atoms with E-state index in [1.54, 1.807) is 0 Å². The summed E-state index contributed by atoms with van der Waals surface area (Å²) in [7, 11) is 0. The molecule has 0 fully saturated rings. The molecule has 0 radical (unpaired) electrons. The molecule has 11 aromatic rings. The fourth-order valence-corrected chi connectivity index (χ4v) is 8.82. The Balaban J connectivity index is 1.23. The summed E-state index contributed by atoms with van der Waals surface area (Å²) in [6, 6.07) is 63.7. The van der Waals surface area contributed by atoms with Crippen LogP contribution in [-0.4, -0.2) is 13.7 Å². The normalized spacial score (nSPS) is 11.6. The number of para-hydroxylation sites is 6. The minimum absolute atomic E-state index is 0.578. The first-order chi connectivity index (χ1) is 27.2. The highest BCUT2D eigenvalue weighted by atomic mass is 15.0. The summed E-state index contributed by atoms with van der Waals surface area (Å²) >= 11 is 0. The molecule has 5 heteroatoms. The van der Waals surface area contributed by atoms with Crippen LogP contribution < -0.4 is 0 Å². The molecule has 11 rings (SSSR count). The lowest BCUT2D eigenvalue weighted by Crippen LogP contribution is -2.04. The van der Waals surface area contributed by atoms with E-state index in [4.69, 9.17) is 6.57 Å². The van der Waals surface area contributed by atoms with Crippen molar-refractivity contribution in [1.29, 1.82) is 5.26 Å². The van der Waals surface area contributed by atoms with Crippen molar-refractivity contribution in [3.05, 3.63) is 193 Å². The zero-order chi connectivity index (χ0) is 36.6. The second-order valence-corrected chi connectivity index (χ2v) is 13.9. The number of nitriles is 1. The molecule has 254 valence electrons. The van der Waals surface area contributed by atoms with E-state index in [1.165, 1.54) is 10.8 Å². The average molecular weight is 700 g/mol. The van der Waals surface area contributed by atoms with Gasteiger partial charge in [0.1, 0.15) is 6.07 Å². The first-order valence-corrected chi connectivity index (χ1v) is 18.3. The van der Waals surface area contributed by atoms with Crippen LogP contribution >= 0.6 is 0 Å². The molecule has 0 spiro atoms. The lowest BCUT2D eigenvalue weighted by molar-refractivity contribution is 1.14. The summed E-state index contributed by atoms with van der Waals surface area (Å²) in [5.41, 5.74) is 12.3. The van der Waals surface area contributed by atoms with Gasteiger partial charge in [-0.2, -0.15) is 5.26 Å². The van der Waals surface area contributed by atoms with Crippen LogP contribution in [0.1, 0.15) is 5.56 Å². The minimum atomic E-state index is 0.578. The topological polar surface area (TPSA) is 42.9 Å². The van der Waals surface area contributed by atoms with Gasteiger partial charge < -0.3 is 13.7 Å². The highest BCUT2D eigenvalue weighted by Crippen LogP contribution is 2.43. The molecule has 0 aliphatic rings. The molecule has 0 saturated carbocycles. The Kier molecular flexibility index (Phi) is 6.61. The summed E-state index contributed by atoms with van der Waals surface area (Å²) < 4.78 is 6.90. The molecule has 55 heavy (non-hydrogen) atoms. The van der Waals surface area contributed by atoms with E-state index in [0.29, 0.717) is 11.3 Å². The molecule has 0 aliphatic heterocycles. The van der Waals surface area contributed by atoms with Crippen LogP contribution in [0.4, 0.5) is 5.69 Å². The van der Waals surface area contributed by atoms with Gasteiger partial charge in [0.25, 0.3) is 0 Å². The van der Waals surface area contributed by atoms with Crippen molar-refractivity contribution in [2.75, 3.05) is 0 Å². The molecule has 0 unspecified atom stereocenters. The van der Waals surface area contributed by atoms with Gasteiger partial charge in [-0.15, -0.1) is 0 Å². The molecule has 0 aliphatic carbocycles. The lowest BCUT2D eigenvalue weighted by Gasteiger charge is -2.19. The summed E-state index contributed by atoms with van der Waals surface area (Å²) in [6.45, 7) is 7.81. The molecule has 0 amide bonds. The number of hydrogen-bond donors (Lipinski definition) is 0. The van der Waals surface area contributed by atoms with Crippen molar-refractivity contribution in [3.8, 4) is 34.3 Å². The summed E-state index contributed by atoms with van der Waals surface area (Å²) in [6.07, 6.45) is 0. The Morgan fingerprint density at radius 3 is 1.53 bits per heavy atom. The van der Waals surface area contributed by atoms with E-state index in [0.717, 1.165) is 82.8 Å². The Bertz CT molecular complexity index is 3420. The van der Waals surface area contributed by atoms with Crippen LogP contribution in [0.15, 0.2) is 176 Å². The van der Waals surface area contributed by atoms with E-state index in [2.05, 4.69) is 176 Å². The van der Waals surface area contributed by atoms with Crippen LogP contribution in [0, 0.1) is 17.9 Å². The number of rotatable bonds is 4. The third-order valence-corrected chi connectivity index (χ3v) is 11.1. The fourth-order valence-electron chi connectivity index (χ4n) is 8.82. The van der Waals surface area contributed by atoms with Crippen molar-refractivity contribution in [1.82, 2.24) is 13.7 Å². The zero-order valence-electron chi connectivity index (χ0n) is 29.5. The second kappa shape index (κ2) is 11.8. The molecular weight excluding hydrogens is 671 g/mol. The largest absolute Gasteiger partial charge is 0.310 e. The predicted octanol–water partition coefficient (Wildman–Crippen LogP) is 13.1. The maximum atomic E-state index is 10.9. The SMILES string of the molecule is [C-]#[N+]c1ccc2c3ccccc3n(-c3ccccc3-c3cccc(C#N)c3-n3c4ccccc4c4ccc(-n5c6ccccc6c6ccccc65)cc43)c2c1. The predicted molar refractivity (Wildman–Crippen MR) is 226 cm³/mol. The molecule has 0 atom stereocenters. The number of nitrogens with zero attached hydrogens (tertiary/aromatic N) is 5. The standard InChI is InChI=1S/C50H29N5/c1-52-33-25-27-40-37-16-4-9-22-45(37)54(48(40)29-33)46-23-10-6-18-39(46)42-19-12-13-32(31-51)50(42)55-47-24-11-5-17-38(47)41-28-26-34(30-49(41)55)53-43-20-7-2-14-35(43)36-15-3-8-21-44(36)53/h2-30H. The Hall–Kier alpha value is -7.86. The van der Waals surface area contributed by atoms with Crippen LogP contribution in [0.2, 0.25) is 0 Å². The van der Waals surface area contributed by atoms with Crippen LogP contribution in [-0.2, 0) is 0 Å². The van der Waals surface area contributed by atoms with Crippen LogP contribution in [0.25, 0.3) is 98.5 Å². The van der Waals surface area contributed by atoms with E-state index < -0.39 is 0 Å². The van der Waals surface area contributed by atoms with Crippen molar-refractivity contribution >= 4 is 71.1 Å². The Labute approximate surface area is 316 Å². The van der Waals surface area contributed by atoms with Crippen molar-refractivity contribution < 1.29 is 0 Å². The summed E-state index contributed by atoms with van der Waals surface area (Å²) in [5, 5.41) is 17.7. The molecule has 0 N–H and O–H groups in total. The van der Waals surface area contributed by atoms with Gasteiger partial charge in [-0.1, -0.05) is 121 Å². The highest BCUT2D eigenvalue weighted by molar-refractivity contribution is 6.13. The van der Waals surface area contributed by atoms with Crippen molar-refractivity contribution in [2.24, 2.45) is 0 Å². The van der Waals surface area contributed by atoms with Gasteiger partial charge in [-0.25, -0.2) is 4.85 Å². The maximum absolute atomic E-state index is 10.9. The van der Waals surface area contributed by atoms with Gasteiger partial charge in [-0.05, 0) is 54.6 Å². The van der Waals surface area contributed by atoms with Crippen LogP contribution in [0.5, 0.6) is 0 Å². The average Bonchev–Trinajstić information content (AvgIpc) is 3.88. The lowest BCUT2D eigenvalue weighted by atomic mass is 9.98. The van der Waals surface area contributed by atoms with E-state index in [1.807, 2.05) is 24.3 Å². The van der Waals surface area contributed by atoms with Crippen LogP contribution in [0.3, 0.4) is 0 Å². The van der Waals surface area contributed by atoms with Gasteiger partial charge in [0.2, 0.25) is 0 Å². The fraction of sp³-hybridized carbons (Fsp3) is 0. The molecule has 3 heterocycles. The van der Waals surface area contributed by atoms with Crippen molar-refractivity contribution in [2.45, 2.75) is 0 Å². The molecule has 0 saturated heterocycles. The monoisotopic (exact) mass is 699 g/mol. The van der Waals surface area contributed by atoms with Gasteiger partial charge >= 0.3 is 0 Å². The third kappa shape index (κ3) is 4.39. The first-order valence-electron chi connectivity index (χ1n) is 18.3. The zero-order valence-corrected chi connectivity index (χ0v) is 29.5. The number of benzene rings is 8. The summed E-state index contributed by atoms with van der Waals surface area (Å²) in [5.74, 6) is 0. The third-order valence-electron chi connectivity index (χ3n) is 11.1. The van der Waals surface area contributed by atoms with Crippen molar-refractivity contribution in [3.63, 3.8) is 0 Å².